The molecule has 2 bridgehead atoms. The first kappa shape index (κ1) is 15.8. The molecule has 2 aliphatic heterocycles. The fourth-order valence-electron chi connectivity index (χ4n) is 3.91. The summed E-state index contributed by atoms with van der Waals surface area (Å²) < 4.78 is 5.45. The van der Waals surface area contributed by atoms with Crippen molar-refractivity contribution in [3.63, 3.8) is 0 Å². The molecule has 2 fully saturated rings. The highest BCUT2D eigenvalue weighted by atomic mass is 16.6. The van der Waals surface area contributed by atoms with E-state index in [1.165, 1.54) is 0 Å². The van der Waals surface area contributed by atoms with E-state index >= 15 is 0 Å². The highest BCUT2D eigenvalue weighted by Gasteiger charge is 2.49. The summed E-state index contributed by atoms with van der Waals surface area (Å²) in [6.45, 7) is 0.272. The monoisotopic (exact) mass is 314 g/mol. The summed E-state index contributed by atoms with van der Waals surface area (Å²) in [5.74, 6) is 0. The van der Waals surface area contributed by atoms with Crippen molar-refractivity contribution >= 4 is 6.09 Å². The largest absolute Gasteiger partial charge is 0.445 e. The number of carbonyl (C=O) groups excluding carboxylic acids is 1. The summed E-state index contributed by atoms with van der Waals surface area (Å²) in [5.41, 5.74) is 0.161. The third kappa shape index (κ3) is 3.48. The fraction of sp³-hybridized carbons (Fsp3) is 0.556. The van der Waals surface area contributed by atoms with Crippen LogP contribution in [-0.2, 0) is 11.3 Å². The Kier molecular flexibility index (Phi) is 4.53. The molecule has 1 amide bonds. The van der Waals surface area contributed by atoms with Gasteiger partial charge in [-0.15, -0.1) is 0 Å². The number of piperidine rings is 1. The number of amides is 1. The molecular formula is C18H22N2O3. The number of nitrogens with zero attached hydrogens (tertiary/aromatic N) is 2. The summed E-state index contributed by atoms with van der Waals surface area (Å²) in [6.07, 6.45) is 3.46. The molecule has 0 saturated carbocycles. The standard InChI is InChI=1S/C18H22N2O3/c19-10-4-9-18(22)11-15-7-8-16(12-18)20(15)17(21)23-13-14-5-2-1-3-6-14/h1-3,5-6,15-16,22H,4,7-9,11-13H2. The molecule has 0 spiro atoms. The van der Waals surface area contributed by atoms with E-state index in [0.717, 1.165) is 18.4 Å². The number of hydrogen-bond acceptors (Lipinski definition) is 4. The lowest BCUT2D eigenvalue weighted by atomic mass is 9.83. The zero-order chi connectivity index (χ0) is 16.3. The molecule has 0 aliphatic carbocycles. The Morgan fingerprint density at radius 1 is 1.30 bits per heavy atom. The van der Waals surface area contributed by atoms with Gasteiger partial charge in [0.1, 0.15) is 6.61 Å². The number of rotatable bonds is 4. The van der Waals surface area contributed by atoms with Crippen LogP contribution in [0.15, 0.2) is 30.3 Å². The average molecular weight is 314 g/mol. The van der Waals surface area contributed by atoms with Crippen molar-refractivity contribution in [3.8, 4) is 6.07 Å². The number of ether oxygens (including phenoxy) is 1. The van der Waals surface area contributed by atoms with Gasteiger partial charge < -0.3 is 14.7 Å². The van der Waals surface area contributed by atoms with Gasteiger partial charge in [0.2, 0.25) is 0 Å². The minimum atomic E-state index is -0.808. The molecule has 2 aliphatic rings. The lowest BCUT2D eigenvalue weighted by Crippen LogP contribution is -2.53. The van der Waals surface area contributed by atoms with Crippen LogP contribution < -0.4 is 0 Å². The average Bonchev–Trinajstić information content (AvgIpc) is 2.84. The summed E-state index contributed by atoms with van der Waals surface area (Å²) in [7, 11) is 0. The smallest absolute Gasteiger partial charge is 0.410 e. The number of nitriles is 1. The molecule has 5 heteroatoms. The van der Waals surface area contributed by atoms with Gasteiger partial charge in [0.25, 0.3) is 0 Å². The summed E-state index contributed by atoms with van der Waals surface area (Å²) >= 11 is 0. The molecule has 122 valence electrons. The van der Waals surface area contributed by atoms with E-state index in [1.54, 1.807) is 0 Å². The van der Waals surface area contributed by atoms with Crippen LogP contribution in [0.4, 0.5) is 4.79 Å². The van der Waals surface area contributed by atoms with E-state index in [0.29, 0.717) is 25.7 Å². The van der Waals surface area contributed by atoms with Gasteiger partial charge in [-0.25, -0.2) is 4.79 Å². The number of carbonyl (C=O) groups is 1. The van der Waals surface area contributed by atoms with Crippen LogP contribution >= 0.6 is 0 Å². The molecule has 0 radical (unpaired) electrons. The number of hydrogen-bond donors (Lipinski definition) is 1. The number of fused-ring (bicyclic) bond motifs is 2. The lowest BCUT2D eigenvalue weighted by molar-refractivity contribution is -0.0532. The SMILES string of the molecule is N#CCCC1(O)CC2CCC(C1)N2C(=O)OCc1ccccc1. The zero-order valence-corrected chi connectivity index (χ0v) is 13.1. The maximum atomic E-state index is 12.4. The minimum absolute atomic E-state index is 0.0284. The van der Waals surface area contributed by atoms with Gasteiger partial charge in [0, 0.05) is 18.5 Å². The van der Waals surface area contributed by atoms with E-state index < -0.39 is 5.60 Å². The molecule has 2 unspecified atom stereocenters. The van der Waals surface area contributed by atoms with Crippen LogP contribution in [0.1, 0.15) is 44.1 Å². The van der Waals surface area contributed by atoms with E-state index in [9.17, 15) is 9.90 Å². The van der Waals surface area contributed by atoms with Crippen molar-refractivity contribution in [1.29, 1.82) is 5.26 Å². The maximum Gasteiger partial charge on any atom is 0.410 e. The number of aliphatic hydroxyl groups is 1. The third-order valence-corrected chi connectivity index (χ3v) is 4.97. The topological polar surface area (TPSA) is 73.6 Å². The van der Waals surface area contributed by atoms with Gasteiger partial charge in [-0.2, -0.15) is 5.26 Å². The Morgan fingerprint density at radius 3 is 2.57 bits per heavy atom. The Bertz CT molecular complexity index is 582. The Labute approximate surface area is 136 Å². The molecule has 2 saturated heterocycles. The Balaban J connectivity index is 1.59. The molecule has 2 atom stereocenters. The van der Waals surface area contributed by atoms with Gasteiger partial charge in [0.15, 0.2) is 0 Å². The summed E-state index contributed by atoms with van der Waals surface area (Å²) in [4.78, 5) is 14.2. The van der Waals surface area contributed by atoms with E-state index in [-0.39, 0.29) is 24.8 Å². The van der Waals surface area contributed by atoms with Crippen molar-refractivity contribution in [3.05, 3.63) is 35.9 Å². The van der Waals surface area contributed by atoms with Gasteiger partial charge in [-0.1, -0.05) is 30.3 Å². The normalized spacial score (nSPS) is 29.1. The second-order valence-corrected chi connectivity index (χ2v) is 6.62. The molecule has 1 aromatic carbocycles. The minimum Gasteiger partial charge on any atom is -0.445 e. The van der Waals surface area contributed by atoms with Crippen LogP contribution in [0.3, 0.4) is 0 Å². The first-order valence-corrected chi connectivity index (χ1v) is 8.20. The first-order chi connectivity index (χ1) is 11.1. The van der Waals surface area contributed by atoms with Crippen molar-refractivity contribution in [1.82, 2.24) is 4.90 Å². The zero-order valence-electron chi connectivity index (χ0n) is 13.1. The molecule has 1 N–H and O–H groups in total. The van der Waals surface area contributed by atoms with Crippen LogP contribution in [0.25, 0.3) is 0 Å². The summed E-state index contributed by atoms with van der Waals surface area (Å²) in [5, 5.41) is 19.4. The number of benzene rings is 1. The molecule has 2 heterocycles. The van der Waals surface area contributed by atoms with E-state index in [4.69, 9.17) is 10.00 Å². The fourth-order valence-corrected chi connectivity index (χ4v) is 3.91. The van der Waals surface area contributed by atoms with Gasteiger partial charge in [0.05, 0.1) is 11.7 Å². The molecule has 1 aromatic rings. The molecule has 3 rings (SSSR count). The predicted molar refractivity (Wildman–Crippen MR) is 84.3 cm³/mol. The van der Waals surface area contributed by atoms with E-state index in [1.807, 2.05) is 35.2 Å². The Morgan fingerprint density at radius 2 is 1.96 bits per heavy atom. The van der Waals surface area contributed by atoms with Crippen LogP contribution in [0.2, 0.25) is 0 Å². The highest BCUT2D eigenvalue weighted by molar-refractivity contribution is 5.69. The van der Waals surface area contributed by atoms with Crippen molar-refractivity contribution < 1.29 is 14.6 Å². The van der Waals surface area contributed by atoms with Crippen molar-refractivity contribution in [2.45, 2.75) is 62.8 Å². The predicted octanol–water partition coefficient (Wildman–Crippen LogP) is 2.98. The Hall–Kier alpha value is -2.06. The molecule has 5 nitrogen and oxygen atoms in total. The van der Waals surface area contributed by atoms with Crippen LogP contribution in [0, 0.1) is 11.3 Å². The van der Waals surface area contributed by atoms with E-state index in [2.05, 4.69) is 6.07 Å². The molecular weight excluding hydrogens is 292 g/mol. The highest BCUT2D eigenvalue weighted by Crippen LogP contribution is 2.43. The van der Waals surface area contributed by atoms with Crippen LogP contribution in [-0.4, -0.2) is 33.8 Å². The first-order valence-electron chi connectivity index (χ1n) is 8.20. The quantitative estimate of drug-likeness (QED) is 0.927. The van der Waals surface area contributed by atoms with Crippen molar-refractivity contribution in [2.24, 2.45) is 0 Å². The lowest BCUT2D eigenvalue weighted by Gasteiger charge is -2.43. The second kappa shape index (κ2) is 6.59. The van der Waals surface area contributed by atoms with Crippen LogP contribution in [0.5, 0.6) is 0 Å². The third-order valence-electron chi connectivity index (χ3n) is 4.97. The van der Waals surface area contributed by atoms with Crippen molar-refractivity contribution in [2.75, 3.05) is 0 Å². The van der Waals surface area contributed by atoms with Gasteiger partial charge >= 0.3 is 6.09 Å². The molecule has 0 aromatic heterocycles. The maximum absolute atomic E-state index is 12.4. The van der Waals surface area contributed by atoms with Gasteiger partial charge in [-0.05, 0) is 37.7 Å². The molecule has 23 heavy (non-hydrogen) atoms. The summed E-state index contributed by atoms with van der Waals surface area (Å²) in [6, 6.07) is 11.8. The van der Waals surface area contributed by atoms with Gasteiger partial charge in [-0.3, -0.25) is 0 Å². The second-order valence-electron chi connectivity index (χ2n) is 6.62.